The molecule has 2 atom stereocenters. The van der Waals surface area contributed by atoms with E-state index in [1.54, 1.807) is 0 Å². The number of carbonyl (C=O) groups is 1. The Labute approximate surface area is 116 Å². The van der Waals surface area contributed by atoms with Gasteiger partial charge in [-0.25, -0.2) is 0 Å². The van der Waals surface area contributed by atoms with Gasteiger partial charge in [-0.05, 0) is 51.4 Å². The molecule has 104 valence electrons. The van der Waals surface area contributed by atoms with Crippen LogP contribution in [0.15, 0.2) is 0 Å². The summed E-state index contributed by atoms with van der Waals surface area (Å²) in [6.45, 7) is 6.16. The number of nitrogens with one attached hydrogen (secondary N) is 1. The Balaban J connectivity index is 0.00000120. The van der Waals surface area contributed by atoms with Crippen LogP contribution in [0.2, 0.25) is 0 Å². The maximum absolute atomic E-state index is 12.7. The van der Waals surface area contributed by atoms with Gasteiger partial charge in [0, 0.05) is 31.1 Å². The van der Waals surface area contributed by atoms with Gasteiger partial charge < -0.3 is 10.2 Å². The second-order valence-electron chi connectivity index (χ2n) is 6.41. The molecule has 3 rings (SSSR count). The van der Waals surface area contributed by atoms with E-state index in [-0.39, 0.29) is 12.4 Å². The summed E-state index contributed by atoms with van der Waals surface area (Å²) in [5.41, 5.74) is 0. The van der Waals surface area contributed by atoms with Gasteiger partial charge in [0.05, 0.1) is 0 Å². The Bertz CT molecular complexity index is 293. The molecule has 4 heteroatoms. The monoisotopic (exact) mass is 272 g/mol. The number of rotatable bonds is 3. The molecule has 0 radical (unpaired) electrons. The number of hydrogen-bond donors (Lipinski definition) is 1. The van der Waals surface area contributed by atoms with Crippen molar-refractivity contribution in [2.45, 2.75) is 51.6 Å². The topological polar surface area (TPSA) is 32.3 Å². The molecule has 1 heterocycles. The fraction of sp³-hybridized carbons (Fsp3) is 0.929. The largest absolute Gasteiger partial charge is 0.339 e. The third-order valence-corrected chi connectivity index (χ3v) is 4.41. The first-order valence-corrected chi connectivity index (χ1v) is 7.20. The number of nitrogens with zero attached hydrogens (tertiary/aromatic N) is 1. The molecule has 0 spiro atoms. The molecule has 1 amide bonds. The highest BCUT2D eigenvalue weighted by molar-refractivity contribution is 5.85. The molecule has 18 heavy (non-hydrogen) atoms. The third-order valence-electron chi connectivity index (χ3n) is 4.41. The van der Waals surface area contributed by atoms with Crippen molar-refractivity contribution >= 4 is 18.3 Å². The molecular weight excluding hydrogens is 248 g/mol. The number of piperazine rings is 1. The van der Waals surface area contributed by atoms with Crippen LogP contribution in [0.25, 0.3) is 0 Å². The van der Waals surface area contributed by atoms with Crippen LogP contribution in [0.5, 0.6) is 0 Å². The number of halogens is 1. The Hall–Kier alpha value is -0.280. The summed E-state index contributed by atoms with van der Waals surface area (Å²) in [4.78, 5) is 14.8. The van der Waals surface area contributed by atoms with Crippen LogP contribution in [-0.2, 0) is 4.79 Å². The van der Waals surface area contributed by atoms with Crippen LogP contribution >= 0.6 is 12.4 Å². The zero-order valence-corrected chi connectivity index (χ0v) is 12.2. The number of amides is 1. The highest BCUT2D eigenvalue weighted by Gasteiger charge is 2.47. The lowest BCUT2D eigenvalue weighted by molar-refractivity contribution is -0.138. The van der Waals surface area contributed by atoms with Crippen molar-refractivity contribution < 1.29 is 4.79 Å². The Morgan fingerprint density at radius 2 is 1.50 bits per heavy atom. The minimum atomic E-state index is 0. The van der Waals surface area contributed by atoms with E-state index in [0.29, 0.717) is 23.9 Å². The van der Waals surface area contributed by atoms with Crippen molar-refractivity contribution in [3.05, 3.63) is 0 Å². The van der Waals surface area contributed by atoms with Gasteiger partial charge in [0.1, 0.15) is 0 Å². The van der Waals surface area contributed by atoms with E-state index >= 15 is 0 Å². The third kappa shape index (κ3) is 3.00. The van der Waals surface area contributed by atoms with Crippen molar-refractivity contribution in [1.82, 2.24) is 10.2 Å². The summed E-state index contributed by atoms with van der Waals surface area (Å²) in [5.74, 6) is 2.31. The molecule has 1 aliphatic heterocycles. The van der Waals surface area contributed by atoms with E-state index in [0.717, 1.165) is 24.9 Å². The first kappa shape index (κ1) is 14.1. The van der Waals surface area contributed by atoms with Gasteiger partial charge in [0.2, 0.25) is 5.91 Å². The lowest BCUT2D eigenvalue weighted by Gasteiger charge is -2.38. The molecule has 3 fully saturated rings. The average molecular weight is 273 g/mol. The fourth-order valence-corrected chi connectivity index (χ4v) is 3.42. The van der Waals surface area contributed by atoms with Gasteiger partial charge in [0.15, 0.2) is 0 Å². The summed E-state index contributed by atoms with van der Waals surface area (Å²) >= 11 is 0. The first-order valence-electron chi connectivity index (χ1n) is 7.20. The molecule has 0 aromatic carbocycles. The molecule has 2 aliphatic carbocycles. The van der Waals surface area contributed by atoms with Crippen LogP contribution < -0.4 is 5.32 Å². The molecule has 3 nitrogen and oxygen atoms in total. The molecule has 1 saturated heterocycles. The van der Waals surface area contributed by atoms with Gasteiger partial charge in [-0.3, -0.25) is 4.79 Å². The van der Waals surface area contributed by atoms with E-state index in [1.165, 1.54) is 25.7 Å². The second kappa shape index (κ2) is 5.38. The molecule has 3 aliphatic rings. The highest BCUT2D eigenvalue weighted by atomic mass is 35.5. The summed E-state index contributed by atoms with van der Waals surface area (Å²) in [6.07, 6.45) is 5.18. The predicted molar refractivity (Wildman–Crippen MR) is 74.8 cm³/mol. The van der Waals surface area contributed by atoms with E-state index in [1.807, 2.05) is 0 Å². The molecule has 0 bridgehead atoms. The van der Waals surface area contributed by atoms with E-state index in [2.05, 4.69) is 24.1 Å². The Morgan fingerprint density at radius 3 is 1.89 bits per heavy atom. The summed E-state index contributed by atoms with van der Waals surface area (Å²) < 4.78 is 0. The minimum Gasteiger partial charge on any atom is -0.339 e. The quantitative estimate of drug-likeness (QED) is 0.853. The van der Waals surface area contributed by atoms with Crippen molar-refractivity contribution in [2.75, 3.05) is 13.1 Å². The first-order chi connectivity index (χ1) is 8.15. The second-order valence-corrected chi connectivity index (χ2v) is 6.41. The summed E-state index contributed by atoms with van der Waals surface area (Å²) in [6, 6.07) is 0.892. The maximum atomic E-state index is 12.7. The van der Waals surface area contributed by atoms with Crippen LogP contribution in [0.4, 0.5) is 0 Å². The smallest absolute Gasteiger partial charge is 0.226 e. The molecule has 2 unspecified atom stereocenters. The van der Waals surface area contributed by atoms with Gasteiger partial charge in [-0.2, -0.15) is 0 Å². The lowest BCUT2D eigenvalue weighted by atomic mass is 9.95. The van der Waals surface area contributed by atoms with Crippen molar-refractivity contribution in [3.63, 3.8) is 0 Å². The highest BCUT2D eigenvalue weighted by Crippen LogP contribution is 2.50. The number of hydrogen-bond acceptors (Lipinski definition) is 2. The molecule has 1 N–H and O–H groups in total. The molecule has 0 aromatic heterocycles. The van der Waals surface area contributed by atoms with Gasteiger partial charge in [-0.15, -0.1) is 12.4 Å². The van der Waals surface area contributed by atoms with E-state index < -0.39 is 0 Å². The predicted octanol–water partition coefficient (Wildman–Crippen LogP) is 2.05. The zero-order chi connectivity index (χ0) is 12.0. The van der Waals surface area contributed by atoms with Crippen LogP contribution in [-0.4, -0.2) is 36.0 Å². The summed E-state index contributed by atoms with van der Waals surface area (Å²) in [7, 11) is 0. The van der Waals surface area contributed by atoms with Crippen molar-refractivity contribution in [1.29, 1.82) is 0 Å². The van der Waals surface area contributed by atoms with Crippen LogP contribution in [0.1, 0.15) is 39.5 Å². The molecule has 0 aromatic rings. The van der Waals surface area contributed by atoms with E-state index in [4.69, 9.17) is 0 Å². The van der Waals surface area contributed by atoms with Crippen LogP contribution in [0, 0.1) is 17.8 Å². The SMILES string of the molecule is CC1CN(C(=O)C(C2CC2)C2CC2)CC(C)N1.Cl. The molecular formula is C14H25ClN2O. The average Bonchev–Trinajstić information content (AvgIpc) is 3.11. The standard InChI is InChI=1S/C14H24N2O.ClH/c1-9-7-16(8-10(2)15-9)14(17)13(11-3-4-11)12-5-6-12;/h9-13,15H,3-8H2,1-2H3;1H. The van der Waals surface area contributed by atoms with Gasteiger partial charge in [0.25, 0.3) is 0 Å². The van der Waals surface area contributed by atoms with Gasteiger partial charge in [-0.1, -0.05) is 0 Å². The number of carbonyl (C=O) groups excluding carboxylic acids is 1. The van der Waals surface area contributed by atoms with Crippen LogP contribution in [0.3, 0.4) is 0 Å². The van der Waals surface area contributed by atoms with Gasteiger partial charge >= 0.3 is 0 Å². The minimum absolute atomic E-state index is 0. The van der Waals surface area contributed by atoms with Crippen molar-refractivity contribution in [2.24, 2.45) is 17.8 Å². The fourth-order valence-electron chi connectivity index (χ4n) is 3.42. The Kier molecular flexibility index (Phi) is 4.22. The lowest BCUT2D eigenvalue weighted by Crippen LogP contribution is -2.57. The van der Waals surface area contributed by atoms with E-state index in [9.17, 15) is 4.79 Å². The normalized spacial score (nSPS) is 32.3. The summed E-state index contributed by atoms with van der Waals surface area (Å²) in [5, 5.41) is 3.50. The Morgan fingerprint density at radius 1 is 1.06 bits per heavy atom. The molecule has 2 saturated carbocycles. The zero-order valence-electron chi connectivity index (χ0n) is 11.4. The maximum Gasteiger partial charge on any atom is 0.226 e. The van der Waals surface area contributed by atoms with Crippen molar-refractivity contribution in [3.8, 4) is 0 Å².